The van der Waals surface area contributed by atoms with Gasteiger partial charge in [-0.2, -0.15) is 0 Å². The lowest BCUT2D eigenvalue weighted by Crippen LogP contribution is -2.58. The summed E-state index contributed by atoms with van der Waals surface area (Å²) in [6, 6.07) is 9.11. The van der Waals surface area contributed by atoms with E-state index in [1.807, 2.05) is 0 Å². The van der Waals surface area contributed by atoms with Gasteiger partial charge in [0.1, 0.15) is 0 Å². The molecule has 150 valence electrons. The summed E-state index contributed by atoms with van der Waals surface area (Å²) < 4.78 is 10.6. The van der Waals surface area contributed by atoms with Crippen molar-refractivity contribution in [3.63, 3.8) is 0 Å². The van der Waals surface area contributed by atoms with Gasteiger partial charge in [0, 0.05) is 49.4 Å². The molecule has 3 aliphatic rings. The molecule has 5 heteroatoms. The van der Waals surface area contributed by atoms with Crippen LogP contribution >= 0.6 is 0 Å². The summed E-state index contributed by atoms with van der Waals surface area (Å²) in [4.78, 5) is 19.1. The van der Waals surface area contributed by atoms with E-state index in [0.717, 1.165) is 49.5 Å². The van der Waals surface area contributed by atoms with Gasteiger partial charge in [0.25, 0.3) is 0 Å². The average molecular weight is 383 g/mol. The van der Waals surface area contributed by atoms with Gasteiger partial charge in [-0.25, -0.2) is 0 Å². The van der Waals surface area contributed by atoms with Crippen LogP contribution in [0.25, 0.3) is 10.9 Å². The van der Waals surface area contributed by atoms with Crippen LogP contribution in [0.5, 0.6) is 0 Å². The number of rotatable bonds is 4. The Labute approximate surface area is 166 Å². The zero-order valence-electron chi connectivity index (χ0n) is 16.8. The van der Waals surface area contributed by atoms with Crippen LogP contribution in [0.3, 0.4) is 0 Å². The van der Waals surface area contributed by atoms with Crippen LogP contribution in [-0.4, -0.2) is 55.8 Å². The van der Waals surface area contributed by atoms with Crippen LogP contribution in [0.15, 0.2) is 24.3 Å². The van der Waals surface area contributed by atoms with Gasteiger partial charge < -0.3 is 14.5 Å². The van der Waals surface area contributed by atoms with Crippen molar-refractivity contribution in [1.29, 1.82) is 0 Å². The Morgan fingerprint density at radius 3 is 2.93 bits per heavy atom. The molecule has 6 unspecified atom stereocenters. The molecule has 6 atom stereocenters. The van der Waals surface area contributed by atoms with E-state index in [0.29, 0.717) is 17.9 Å². The van der Waals surface area contributed by atoms with Crippen LogP contribution < -0.4 is 0 Å². The molecular formula is C23H30N2O3. The highest BCUT2D eigenvalue weighted by atomic mass is 16.5. The number of hydrogen-bond donors (Lipinski definition) is 1. The molecule has 5 nitrogen and oxygen atoms in total. The zero-order chi connectivity index (χ0) is 19.3. The molecule has 2 aromatic rings. The van der Waals surface area contributed by atoms with E-state index in [4.69, 9.17) is 9.47 Å². The third kappa shape index (κ3) is 2.79. The topological polar surface area (TPSA) is 54.6 Å². The number of H-pyrrole nitrogens is 1. The third-order valence-electron chi connectivity index (χ3n) is 7.56. The normalized spacial score (nSPS) is 33.9. The fourth-order valence-electron chi connectivity index (χ4n) is 6.30. The Hall–Kier alpha value is -1.85. The summed E-state index contributed by atoms with van der Waals surface area (Å²) in [5, 5.41) is 1.26. The minimum atomic E-state index is -0.189. The number of fused-ring (bicyclic) bond motifs is 5. The van der Waals surface area contributed by atoms with Gasteiger partial charge in [-0.05, 0) is 55.1 Å². The molecule has 0 spiro atoms. The van der Waals surface area contributed by atoms with E-state index in [9.17, 15) is 4.79 Å². The van der Waals surface area contributed by atoms with Crippen molar-refractivity contribution in [1.82, 2.24) is 9.88 Å². The maximum Gasteiger partial charge on any atom is 0.314 e. The van der Waals surface area contributed by atoms with E-state index >= 15 is 0 Å². The average Bonchev–Trinajstić information content (AvgIpc) is 3.19. The fourth-order valence-corrected chi connectivity index (χ4v) is 6.30. The van der Waals surface area contributed by atoms with Crippen molar-refractivity contribution in [3.05, 3.63) is 35.5 Å². The number of carbonyl (C=O) groups is 1. The molecule has 0 amide bonds. The second kappa shape index (κ2) is 7.20. The number of carbonyl (C=O) groups excluding carboxylic acids is 1. The molecule has 1 saturated carbocycles. The third-order valence-corrected chi connectivity index (χ3v) is 7.56. The zero-order valence-corrected chi connectivity index (χ0v) is 16.8. The molecular weight excluding hydrogens is 352 g/mol. The smallest absolute Gasteiger partial charge is 0.314 e. The lowest BCUT2D eigenvalue weighted by atomic mass is 9.77. The first-order chi connectivity index (χ1) is 13.7. The minimum absolute atomic E-state index is 0.0959. The molecule has 1 aromatic carbocycles. The largest absolute Gasteiger partial charge is 0.469 e. The fraction of sp³-hybridized carbons (Fsp3) is 0.609. The lowest BCUT2D eigenvalue weighted by Gasteiger charge is -2.49. The van der Waals surface area contributed by atoms with Crippen molar-refractivity contribution in [2.45, 2.75) is 37.6 Å². The van der Waals surface area contributed by atoms with E-state index < -0.39 is 0 Å². The SMILES string of the molecule is COCCC1CC2CC(C(=O)OC)c3[nH]c4ccccc4c3CCN3CC2C13. The van der Waals surface area contributed by atoms with Gasteiger partial charge in [-0.15, -0.1) is 0 Å². The highest BCUT2D eigenvalue weighted by Gasteiger charge is 2.54. The number of benzene rings is 1. The first-order valence-corrected chi connectivity index (χ1v) is 10.6. The van der Waals surface area contributed by atoms with E-state index in [2.05, 4.69) is 34.1 Å². The van der Waals surface area contributed by atoms with Gasteiger partial charge in [-0.1, -0.05) is 18.2 Å². The Kier molecular flexibility index (Phi) is 4.68. The molecule has 28 heavy (non-hydrogen) atoms. The number of ether oxygens (including phenoxy) is 2. The van der Waals surface area contributed by atoms with Crippen molar-refractivity contribution < 1.29 is 14.3 Å². The van der Waals surface area contributed by atoms with Crippen LogP contribution in [-0.2, 0) is 20.7 Å². The van der Waals surface area contributed by atoms with Gasteiger partial charge in [-0.3, -0.25) is 9.69 Å². The predicted molar refractivity (Wildman–Crippen MR) is 108 cm³/mol. The molecule has 5 rings (SSSR count). The molecule has 1 aliphatic carbocycles. The van der Waals surface area contributed by atoms with Gasteiger partial charge in [0.15, 0.2) is 0 Å². The number of esters is 1. The van der Waals surface area contributed by atoms with Crippen LogP contribution in [0.4, 0.5) is 0 Å². The summed E-state index contributed by atoms with van der Waals surface area (Å²) in [5.41, 5.74) is 3.53. The summed E-state index contributed by atoms with van der Waals surface area (Å²) in [5.74, 6) is 1.72. The van der Waals surface area contributed by atoms with Gasteiger partial charge in [0.05, 0.1) is 13.0 Å². The highest BCUT2D eigenvalue weighted by molar-refractivity contribution is 5.88. The van der Waals surface area contributed by atoms with E-state index in [1.165, 1.54) is 31.0 Å². The molecule has 1 N–H and O–H groups in total. The first kappa shape index (κ1) is 18.2. The predicted octanol–water partition coefficient (Wildman–Crippen LogP) is 3.34. The monoisotopic (exact) mass is 382 g/mol. The van der Waals surface area contributed by atoms with Crippen molar-refractivity contribution in [3.8, 4) is 0 Å². The molecule has 2 aliphatic heterocycles. The minimum Gasteiger partial charge on any atom is -0.469 e. The van der Waals surface area contributed by atoms with E-state index in [1.54, 1.807) is 7.11 Å². The van der Waals surface area contributed by atoms with Crippen molar-refractivity contribution in [2.75, 3.05) is 33.9 Å². The molecule has 0 radical (unpaired) electrons. The van der Waals surface area contributed by atoms with Crippen LogP contribution in [0, 0.1) is 17.8 Å². The molecule has 1 aromatic heterocycles. The number of hydrogen-bond acceptors (Lipinski definition) is 4. The van der Waals surface area contributed by atoms with Crippen LogP contribution in [0.1, 0.15) is 36.4 Å². The number of aromatic nitrogens is 1. The first-order valence-electron chi connectivity index (χ1n) is 10.6. The summed E-state index contributed by atoms with van der Waals surface area (Å²) >= 11 is 0. The second-order valence-corrected chi connectivity index (χ2v) is 8.81. The number of nitrogens with zero attached hydrogens (tertiary/aromatic N) is 1. The summed E-state index contributed by atoms with van der Waals surface area (Å²) in [6.07, 6.45) is 4.21. The van der Waals surface area contributed by atoms with Gasteiger partial charge in [0.2, 0.25) is 0 Å². The quantitative estimate of drug-likeness (QED) is 0.824. The molecule has 2 bridgehead atoms. The summed E-state index contributed by atoms with van der Waals surface area (Å²) in [7, 11) is 3.31. The highest BCUT2D eigenvalue weighted by Crippen LogP contribution is 2.52. The maximum absolute atomic E-state index is 12.8. The molecule has 3 heterocycles. The Morgan fingerprint density at radius 2 is 2.11 bits per heavy atom. The Morgan fingerprint density at radius 1 is 1.25 bits per heavy atom. The standard InChI is InChI=1S/C23H30N2O3/c1-27-10-8-14-11-15-12-18(23(26)28-2)21-17(7-9-25-13-19(15)22(14)25)16-5-3-4-6-20(16)24-21/h3-6,14-15,18-19,22,24H,7-13H2,1-2H3. The van der Waals surface area contributed by atoms with Gasteiger partial charge >= 0.3 is 5.97 Å². The maximum atomic E-state index is 12.8. The number of aromatic amines is 1. The second-order valence-electron chi connectivity index (χ2n) is 8.81. The lowest BCUT2D eigenvalue weighted by molar-refractivity contribution is -0.143. The summed E-state index contributed by atoms with van der Waals surface area (Å²) in [6.45, 7) is 3.09. The Bertz CT molecular complexity index is 876. The number of nitrogens with one attached hydrogen (secondary N) is 1. The van der Waals surface area contributed by atoms with Crippen molar-refractivity contribution in [2.24, 2.45) is 17.8 Å². The van der Waals surface area contributed by atoms with E-state index in [-0.39, 0.29) is 11.9 Å². The molecule has 2 fully saturated rings. The number of para-hydroxylation sites is 1. The van der Waals surface area contributed by atoms with Crippen LogP contribution in [0.2, 0.25) is 0 Å². The number of methoxy groups -OCH3 is 2. The molecule has 1 saturated heterocycles. The van der Waals surface area contributed by atoms with Crippen molar-refractivity contribution >= 4 is 16.9 Å². The Balaban J connectivity index is 1.54.